The Labute approximate surface area is 209 Å². The summed E-state index contributed by atoms with van der Waals surface area (Å²) in [6.45, 7) is 0.377. The number of benzene rings is 3. The van der Waals surface area contributed by atoms with Crippen molar-refractivity contribution in [1.29, 1.82) is 5.26 Å². The van der Waals surface area contributed by atoms with Gasteiger partial charge in [-0.15, -0.1) is 0 Å². The molecule has 7 nitrogen and oxygen atoms in total. The minimum absolute atomic E-state index is 0.0352. The summed E-state index contributed by atoms with van der Waals surface area (Å²) >= 11 is 9.86. The molecule has 2 heterocycles. The van der Waals surface area contributed by atoms with Crippen molar-refractivity contribution in [1.82, 2.24) is 0 Å². The van der Waals surface area contributed by atoms with E-state index in [-0.39, 0.29) is 24.9 Å². The Hall–Kier alpha value is -3.54. The number of hydrogen-bond acceptors (Lipinski definition) is 7. The molecule has 0 amide bonds. The summed E-state index contributed by atoms with van der Waals surface area (Å²) in [4.78, 5) is 0. The molecule has 2 aliphatic heterocycles. The third-order valence-electron chi connectivity index (χ3n) is 5.63. The van der Waals surface area contributed by atoms with E-state index in [4.69, 9.17) is 41.0 Å². The first kappa shape index (κ1) is 22.3. The van der Waals surface area contributed by atoms with E-state index in [1.807, 2.05) is 42.5 Å². The number of nitrogens with zero attached hydrogens (tertiary/aromatic N) is 1. The molecule has 0 aliphatic carbocycles. The molecular weight excluding hydrogens is 524 g/mol. The lowest BCUT2D eigenvalue weighted by Crippen LogP contribution is -2.21. The molecule has 9 heteroatoms. The van der Waals surface area contributed by atoms with Crippen molar-refractivity contribution < 1.29 is 23.7 Å². The average molecular weight is 542 g/mol. The fraction of sp³-hybridized carbons (Fsp3) is 0.160. The van der Waals surface area contributed by atoms with Crippen LogP contribution < -0.4 is 29.4 Å². The number of halogens is 2. The number of ether oxygens (including phenoxy) is 5. The number of fused-ring (bicyclic) bond motifs is 2. The Morgan fingerprint density at radius 1 is 1.15 bits per heavy atom. The molecule has 5 rings (SSSR count). The molecular formula is C25H18BrClN2O5. The van der Waals surface area contributed by atoms with Crippen molar-refractivity contribution in [2.24, 2.45) is 5.73 Å². The SMILES string of the molecule is COc1cc([C@@H]2C(C#N)=C(N)Oc3cc4c(cc32)OCO4)cc(Br)c1OCc1ccccc1Cl. The number of hydrogen-bond donors (Lipinski definition) is 1. The van der Waals surface area contributed by atoms with Crippen LogP contribution in [0, 0.1) is 11.3 Å². The van der Waals surface area contributed by atoms with Crippen LogP contribution in [0.1, 0.15) is 22.6 Å². The monoisotopic (exact) mass is 540 g/mol. The maximum absolute atomic E-state index is 9.89. The summed E-state index contributed by atoms with van der Waals surface area (Å²) in [5, 5.41) is 10.5. The predicted octanol–water partition coefficient (Wildman–Crippen LogP) is 5.64. The minimum Gasteiger partial charge on any atom is -0.493 e. The first-order valence-corrected chi connectivity index (χ1v) is 11.4. The number of methoxy groups -OCH3 is 1. The van der Waals surface area contributed by atoms with Crippen molar-refractivity contribution in [3.8, 4) is 34.8 Å². The number of allylic oxidation sites excluding steroid dienone is 1. The minimum atomic E-state index is -0.508. The zero-order valence-corrected chi connectivity index (χ0v) is 20.3. The van der Waals surface area contributed by atoms with Crippen molar-refractivity contribution >= 4 is 27.5 Å². The lowest BCUT2D eigenvalue weighted by atomic mass is 9.83. The predicted molar refractivity (Wildman–Crippen MR) is 128 cm³/mol. The van der Waals surface area contributed by atoms with Gasteiger partial charge in [-0.1, -0.05) is 29.8 Å². The first-order valence-electron chi connectivity index (χ1n) is 10.2. The van der Waals surface area contributed by atoms with Crippen LogP contribution >= 0.6 is 27.5 Å². The van der Waals surface area contributed by atoms with E-state index in [2.05, 4.69) is 22.0 Å². The smallest absolute Gasteiger partial charge is 0.231 e. The van der Waals surface area contributed by atoms with Crippen LogP contribution in [-0.4, -0.2) is 13.9 Å². The Bertz CT molecular complexity index is 1370. The Morgan fingerprint density at radius 2 is 1.91 bits per heavy atom. The highest BCUT2D eigenvalue weighted by atomic mass is 79.9. The maximum Gasteiger partial charge on any atom is 0.231 e. The van der Waals surface area contributed by atoms with Gasteiger partial charge < -0.3 is 29.4 Å². The summed E-state index contributed by atoms with van der Waals surface area (Å²) in [6, 6.07) is 16.9. The van der Waals surface area contributed by atoms with Gasteiger partial charge in [0, 0.05) is 22.2 Å². The molecule has 172 valence electrons. The molecule has 0 spiro atoms. The maximum atomic E-state index is 9.89. The highest BCUT2D eigenvalue weighted by Crippen LogP contribution is 2.50. The third-order valence-corrected chi connectivity index (χ3v) is 6.58. The van der Waals surface area contributed by atoms with Gasteiger partial charge in [-0.05, 0) is 45.8 Å². The fourth-order valence-corrected chi connectivity index (χ4v) is 4.77. The van der Waals surface area contributed by atoms with Crippen molar-refractivity contribution in [2.45, 2.75) is 12.5 Å². The average Bonchev–Trinajstić information content (AvgIpc) is 3.29. The number of rotatable bonds is 5. The number of nitriles is 1. The van der Waals surface area contributed by atoms with Crippen LogP contribution in [0.3, 0.4) is 0 Å². The zero-order chi connectivity index (χ0) is 23.8. The van der Waals surface area contributed by atoms with Crippen molar-refractivity contribution in [2.75, 3.05) is 13.9 Å². The molecule has 0 fully saturated rings. The molecule has 0 bridgehead atoms. The zero-order valence-electron chi connectivity index (χ0n) is 17.9. The van der Waals surface area contributed by atoms with E-state index < -0.39 is 5.92 Å². The molecule has 3 aromatic rings. The molecule has 0 aromatic heterocycles. The van der Waals surface area contributed by atoms with Crippen LogP contribution in [0.15, 0.2) is 64.5 Å². The summed E-state index contributed by atoms with van der Waals surface area (Å²) in [6.07, 6.45) is 0. The molecule has 0 unspecified atom stereocenters. The summed E-state index contributed by atoms with van der Waals surface area (Å²) in [5.41, 5.74) is 8.74. The molecule has 0 saturated heterocycles. The van der Waals surface area contributed by atoms with E-state index in [0.717, 1.165) is 16.7 Å². The molecule has 1 atom stereocenters. The Balaban J connectivity index is 1.56. The quantitative estimate of drug-likeness (QED) is 0.447. The van der Waals surface area contributed by atoms with E-state index in [1.165, 1.54) is 0 Å². The van der Waals surface area contributed by atoms with E-state index in [0.29, 0.717) is 38.2 Å². The second-order valence-electron chi connectivity index (χ2n) is 7.58. The molecule has 3 aromatic carbocycles. The van der Waals surface area contributed by atoms with Crippen LogP contribution in [0.2, 0.25) is 5.02 Å². The van der Waals surface area contributed by atoms with Crippen LogP contribution in [0.5, 0.6) is 28.7 Å². The van der Waals surface area contributed by atoms with Crippen LogP contribution in [0.25, 0.3) is 0 Å². The molecule has 2 N–H and O–H groups in total. The summed E-state index contributed by atoms with van der Waals surface area (Å²) in [5.74, 6) is 2.17. The van der Waals surface area contributed by atoms with E-state index in [1.54, 1.807) is 13.2 Å². The molecule has 0 radical (unpaired) electrons. The van der Waals surface area contributed by atoms with Crippen molar-refractivity contribution in [3.63, 3.8) is 0 Å². The summed E-state index contributed by atoms with van der Waals surface area (Å²) < 4.78 is 29.1. The van der Waals surface area contributed by atoms with Gasteiger partial charge in [0.05, 0.1) is 17.5 Å². The second-order valence-corrected chi connectivity index (χ2v) is 8.84. The van der Waals surface area contributed by atoms with Gasteiger partial charge in [0.2, 0.25) is 12.7 Å². The largest absolute Gasteiger partial charge is 0.493 e. The first-order chi connectivity index (χ1) is 16.5. The van der Waals surface area contributed by atoms with Gasteiger partial charge in [-0.25, -0.2) is 0 Å². The van der Waals surface area contributed by atoms with Gasteiger partial charge in [-0.2, -0.15) is 5.26 Å². The Kier molecular flexibility index (Phi) is 5.90. The lowest BCUT2D eigenvalue weighted by molar-refractivity contribution is 0.174. The lowest BCUT2D eigenvalue weighted by Gasteiger charge is -2.27. The van der Waals surface area contributed by atoms with Crippen molar-refractivity contribution in [3.05, 3.63) is 86.2 Å². The van der Waals surface area contributed by atoms with Gasteiger partial charge >= 0.3 is 0 Å². The molecule has 2 aliphatic rings. The topological polar surface area (TPSA) is 96.0 Å². The van der Waals surface area contributed by atoms with E-state index >= 15 is 0 Å². The highest BCUT2D eigenvalue weighted by molar-refractivity contribution is 9.10. The van der Waals surface area contributed by atoms with Gasteiger partial charge in [0.15, 0.2) is 23.0 Å². The normalized spacial score (nSPS) is 15.9. The van der Waals surface area contributed by atoms with E-state index in [9.17, 15) is 5.26 Å². The Morgan fingerprint density at radius 3 is 2.65 bits per heavy atom. The second kappa shape index (κ2) is 9.01. The standard InChI is InChI=1S/C25H18BrClN2O5/c1-30-22-7-14(6-17(26)24(22)31-11-13-4-2-3-5-18(13)27)23-15-8-20-21(33-12-32-20)9-19(15)34-25(29)16(23)10-28/h2-9,23H,11-12,29H2,1H3/t23-/m0/s1. The van der Waals surface area contributed by atoms with Crippen LogP contribution in [-0.2, 0) is 6.61 Å². The van der Waals surface area contributed by atoms with Gasteiger partial charge in [-0.3, -0.25) is 0 Å². The van der Waals surface area contributed by atoms with Gasteiger partial charge in [0.1, 0.15) is 24.0 Å². The molecule has 34 heavy (non-hydrogen) atoms. The van der Waals surface area contributed by atoms with Crippen LogP contribution in [0.4, 0.5) is 0 Å². The third kappa shape index (κ3) is 3.87. The fourth-order valence-electron chi connectivity index (χ4n) is 4.00. The number of nitrogens with two attached hydrogens (primary N) is 1. The molecule has 0 saturated carbocycles. The summed E-state index contributed by atoms with van der Waals surface area (Å²) in [7, 11) is 1.55. The van der Waals surface area contributed by atoms with Gasteiger partial charge in [0.25, 0.3) is 0 Å². The highest BCUT2D eigenvalue weighted by Gasteiger charge is 2.34.